The fraction of sp³-hybridized carbons (Fsp3) is 0.250. The second-order valence-electron chi connectivity index (χ2n) is 4.76. The van der Waals surface area contributed by atoms with Crippen LogP contribution in [0.4, 0.5) is 5.82 Å². The summed E-state index contributed by atoms with van der Waals surface area (Å²) in [7, 11) is 1.71. The van der Waals surface area contributed by atoms with E-state index in [1.807, 2.05) is 24.3 Å². The van der Waals surface area contributed by atoms with Crippen molar-refractivity contribution in [2.45, 2.75) is 13.0 Å². The van der Waals surface area contributed by atoms with Crippen LogP contribution in [-0.2, 0) is 13.0 Å². The van der Waals surface area contributed by atoms with Gasteiger partial charge in [0.15, 0.2) is 0 Å². The number of hydrogen-bond donors (Lipinski definition) is 0. The van der Waals surface area contributed by atoms with Crippen molar-refractivity contribution >= 4 is 5.82 Å². The average molecular weight is 265 g/mol. The van der Waals surface area contributed by atoms with Crippen molar-refractivity contribution in [1.82, 2.24) is 4.98 Å². The number of rotatable bonds is 2. The van der Waals surface area contributed by atoms with Crippen LogP contribution in [0.3, 0.4) is 0 Å². The number of anilines is 1. The number of nitriles is 1. The van der Waals surface area contributed by atoms with Gasteiger partial charge in [-0.25, -0.2) is 4.98 Å². The summed E-state index contributed by atoms with van der Waals surface area (Å²) in [4.78, 5) is 6.56. The number of fused-ring (bicyclic) bond motifs is 1. The molecular formula is C16H15N3O. The Hall–Kier alpha value is -2.54. The van der Waals surface area contributed by atoms with Gasteiger partial charge in [-0.05, 0) is 30.2 Å². The molecule has 0 aliphatic carbocycles. The van der Waals surface area contributed by atoms with Crippen LogP contribution in [0.15, 0.2) is 36.4 Å². The molecule has 2 heterocycles. The second-order valence-corrected chi connectivity index (χ2v) is 4.76. The zero-order chi connectivity index (χ0) is 13.9. The van der Waals surface area contributed by atoms with E-state index in [1.54, 1.807) is 13.2 Å². The van der Waals surface area contributed by atoms with Gasteiger partial charge in [-0.2, -0.15) is 5.26 Å². The fourth-order valence-corrected chi connectivity index (χ4v) is 2.62. The highest BCUT2D eigenvalue weighted by Gasteiger charge is 2.20. The number of benzene rings is 1. The molecule has 4 nitrogen and oxygen atoms in total. The quantitative estimate of drug-likeness (QED) is 0.837. The second kappa shape index (κ2) is 5.22. The maximum atomic E-state index is 8.94. The van der Waals surface area contributed by atoms with Gasteiger partial charge < -0.3 is 9.64 Å². The van der Waals surface area contributed by atoms with E-state index in [0.717, 1.165) is 31.1 Å². The van der Waals surface area contributed by atoms with Gasteiger partial charge in [-0.1, -0.05) is 18.2 Å². The van der Waals surface area contributed by atoms with Crippen molar-refractivity contribution in [2.24, 2.45) is 0 Å². The van der Waals surface area contributed by atoms with E-state index in [2.05, 4.69) is 22.0 Å². The highest BCUT2D eigenvalue weighted by atomic mass is 16.5. The molecule has 0 radical (unpaired) electrons. The highest BCUT2D eigenvalue weighted by Crippen LogP contribution is 2.29. The van der Waals surface area contributed by atoms with E-state index in [1.165, 1.54) is 11.1 Å². The SMILES string of the molecule is COc1cccc2c1CCN(c1cccc(C#N)n1)C2. The molecule has 1 aromatic carbocycles. The van der Waals surface area contributed by atoms with Crippen LogP contribution in [-0.4, -0.2) is 18.6 Å². The number of nitrogens with zero attached hydrogens (tertiary/aromatic N) is 3. The third-order valence-electron chi connectivity index (χ3n) is 3.62. The largest absolute Gasteiger partial charge is 0.496 e. The van der Waals surface area contributed by atoms with Crippen LogP contribution in [0.25, 0.3) is 0 Å². The standard InChI is InChI=1S/C16H15N3O/c1-20-15-6-2-4-12-11-19(9-8-14(12)15)16-7-3-5-13(10-17)18-16/h2-7H,8-9,11H2,1H3. The summed E-state index contributed by atoms with van der Waals surface area (Å²) in [5, 5.41) is 8.94. The first kappa shape index (κ1) is 12.5. The Morgan fingerprint density at radius 3 is 2.90 bits per heavy atom. The Bertz CT molecular complexity index is 676. The van der Waals surface area contributed by atoms with Gasteiger partial charge in [0, 0.05) is 18.7 Å². The molecule has 0 unspecified atom stereocenters. The molecule has 1 aliphatic rings. The topological polar surface area (TPSA) is 49.1 Å². The smallest absolute Gasteiger partial charge is 0.142 e. The summed E-state index contributed by atoms with van der Waals surface area (Å²) in [5.41, 5.74) is 3.00. The van der Waals surface area contributed by atoms with Gasteiger partial charge in [-0.3, -0.25) is 0 Å². The zero-order valence-electron chi connectivity index (χ0n) is 11.3. The molecule has 0 atom stereocenters. The van der Waals surface area contributed by atoms with Crippen molar-refractivity contribution in [3.63, 3.8) is 0 Å². The normalized spacial score (nSPS) is 13.5. The molecule has 100 valence electrons. The molecule has 0 saturated carbocycles. The maximum Gasteiger partial charge on any atom is 0.142 e. The number of ether oxygens (including phenoxy) is 1. The minimum Gasteiger partial charge on any atom is -0.496 e. The lowest BCUT2D eigenvalue weighted by atomic mass is 9.98. The van der Waals surface area contributed by atoms with E-state index in [0.29, 0.717) is 5.69 Å². The zero-order valence-corrected chi connectivity index (χ0v) is 11.3. The molecule has 0 bridgehead atoms. The molecule has 0 saturated heterocycles. The first-order valence-corrected chi connectivity index (χ1v) is 6.58. The van der Waals surface area contributed by atoms with Gasteiger partial charge in [0.1, 0.15) is 23.3 Å². The Labute approximate surface area is 118 Å². The van der Waals surface area contributed by atoms with Crippen molar-refractivity contribution in [1.29, 1.82) is 5.26 Å². The lowest BCUT2D eigenvalue weighted by molar-refractivity contribution is 0.407. The molecule has 1 aromatic heterocycles. The van der Waals surface area contributed by atoms with Gasteiger partial charge in [0.2, 0.25) is 0 Å². The number of pyridine rings is 1. The van der Waals surface area contributed by atoms with E-state index in [-0.39, 0.29) is 0 Å². The van der Waals surface area contributed by atoms with Crippen LogP contribution >= 0.6 is 0 Å². The van der Waals surface area contributed by atoms with E-state index in [9.17, 15) is 0 Å². The average Bonchev–Trinajstić information content (AvgIpc) is 2.53. The van der Waals surface area contributed by atoms with Gasteiger partial charge >= 0.3 is 0 Å². The third-order valence-corrected chi connectivity index (χ3v) is 3.62. The summed E-state index contributed by atoms with van der Waals surface area (Å²) in [6, 6.07) is 13.8. The van der Waals surface area contributed by atoms with Gasteiger partial charge in [0.05, 0.1) is 7.11 Å². The summed E-state index contributed by atoms with van der Waals surface area (Å²) < 4.78 is 5.41. The highest BCUT2D eigenvalue weighted by molar-refractivity contribution is 5.49. The number of methoxy groups -OCH3 is 1. The van der Waals surface area contributed by atoms with Crippen LogP contribution in [0, 0.1) is 11.3 Å². The Kier molecular flexibility index (Phi) is 3.26. The minimum atomic E-state index is 0.457. The van der Waals surface area contributed by atoms with Gasteiger partial charge in [0.25, 0.3) is 0 Å². The maximum absolute atomic E-state index is 8.94. The first-order chi connectivity index (χ1) is 9.81. The summed E-state index contributed by atoms with van der Waals surface area (Å²) in [6.07, 6.45) is 0.928. The molecule has 0 fully saturated rings. The van der Waals surface area contributed by atoms with E-state index >= 15 is 0 Å². The van der Waals surface area contributed by atoms with E-state index in [4.69, 9.17) is 10.00 Å². The summed E-state index contributed by atoms with van der Waals surface area (Å²) >= 11 is 0. The first-order valence-electron chi connectivity index (χ1n) is 6.58. The molecular weight excluding hydrogens is 250 g/mol. The van der Waals surface area contributed by atoms with Gasteiger partial charge in [-0.15, -0.1) is 0 Å². The lowest BCUT2D eigenvalue weighted by Gasteiger charge is -2.30. The number of hydrogen-bond acceptors (Lipinski definition) is 4. The molecule has 0 amide bonds. The fourth-order valence-electron chi connectivity index (χ4n) is 2.62. The van der Waals surface area contributed by atoms with Crippen LogP contribution in [0.1, 0.15) is 16.8 Å². The molecule has 4 heteroatoms. The third kappa shape index (κ3) is 2.19. The van der Waals surface area contributed by atoms with Crippen LogP contribution in [0.5, 0.6) is 5.75 Å². The molecule has 2 aromatic rings. The van der Waals surface area contributed by atoms with Crippen molar-refractivity contribution in [2.75, 3.05) is 18.6 Å². The molecule has 0 N–H and O–H groups in total. The van der Waals surface area contributed by atoms with Crippen molar-refractivity contribution in [3.05, 3.63) is 53.2 Å². The Balaban J connectivity index is 1.91. The summed E-state index contributed by atoms with van der Waals surface area (Å²) in [5.74, 6) is 1.82. The predicted octanol–water partition coefficient (Wildman–Crippen LogP) is 2.52. The summed E-state index contributed by atoms with van der Waals surface area (Å²) in [6.45, 7) is 1.68. The number of aromatic nitrogens is 1. The minimum absolute atomic E-state index is 0.457. The van der Waals surface area contributed by atoms with Crippen molar-refractivity contribution in [3.8, 4) is 11.8 Å². The Morgan fingerprint density at radius 1 is 1.25 bits per heavy atom. The molecule has 3 rings (SSSR count). The van der Waals surface area contributed by atoms with Crippen LogP contribution < -0.4 is 9.64 Å². The van der Waals surface area contributed by atoms with Crippen LogP contribution in [0.2, 0.25) is 0 Å². The molecule has 1 aliphatic heterocycles. The van der Waals surface area contributed by atoms with Crippen molar-refractivity contribution < 1.29 is 4.74 Å². The van der Waals surface area contributed by atoms with E-state index < -0.39 is 0 Å². The lowest BCUT2D eigenvalue weighted by Crippen LogP contribution is -2.31. The monoisotopic (exact) mass is 265 g/mol. The molecule has 0 spiro atoms. The molecule has 20 heavy (non-hydrogen) atoms. The Morgan fingerprint density at radius 2 is 2.10 bits per heavy atom. The predicted molar refractivity (Wildman–Crippen MR) is 76.7 cm³/mol.